The van der Waals surface area contributed by atoms with Gasteiger partial charge in [-0.25, -0.2) is 4.79 Å². The van der Waals surface area contributed by atoms with Crippen molar-refractivity contribution in [3.05, 3.63) is 71.6 Å². The Morgan fingerprint density at radius 3 is 2.31 bits per heavy atom. The highest BCUT2D eigenvalue weighted by atomic mass is 19.4. The fraction of sp³-hybridized carbons (Fsp3) is 0.118. The number of hydrogen-bond donors (Lipinski definition) is 2. The largest absolute Gasteiger partial charge is 0.416 e. The lowest BCUT2D eigenvalue weighted by Crippen LogP contribution is -2.19. The standard InChI is InChI=1S/C17H13F3N4O2/c18-17(19,20)12-6-8-13(9-7-12)21-15(25)22-16-24-23-14(26-16)10-11-4-2-1-3-5-11/h1-9H,10H2,(H2,21,22,24,25). The Morgan fingerprint density at radius 1 is 0.962 bits per heavy atom. The Bertz CT molecular complexity index is 877. The molecule has 0 spiro atoms. The van der Waals surface area contributed by atoms with Crippen LogP contribution < -0.4 is 10.6 Å². The second kappa shape index (κ2) is 7.26. The molecule has 1 aromatic heterocycles. The number of urea groups is 1. The molecule has 0 aliphatic heterocycles. The van der Waals surface area contributed by atoms with Crippen LogP contribution in [0.25, 0.3) is 0 Å². The van der Waals surface area contributed by atoms with Crippen LogP contribution in [0.2, 0.25) is 0 Å². The number of amides is 2. The minimum absolute atomic E-state index is 0.111. The highest BCUT2D eigenvalue weighted by Gasteiger charge is 2.30. The molecule has 0 bridgehead atoms. The number of rotatable bonds is 4. The van der Waals surface area contributed by atoms with E-state index >= 15 is 0 Å². The van der Waals surface area contributed by atoms with E-state index in [1.807, 2.05) is 30.3 Å². The smallest absolute Gasteiger partial charge is 0.407 e. The van der Waals surface area contributed by atoms with Gasteiger partial charge in [-0.05, 0) is 29.8 Å². The molecule has 9 heteroatoms. The fourth-order valence-corrected chi connectivity index (χ4v) is 2.15. The topological polar surface area (TPSA) is 80.0 Å². The van der Waals surface area contributed by atoms with Gasteiger partial charge in [-0.1, -0.05) is 35.4 Å². The lowest BCUT2D eigenvalue weighted by molar-refractivity contribution is -0.137. The number of alkyl halides is 3. The Morgan fingerprint density at radius 2 is 1.65 bits per heavy atom. The van der Waals surface area contributed by atoms with Crippen LogP contribution in [-0.2, 0) is 12.6 Å². The summed E-state index contributed by atoms with van der Waals surface area (Å²) in [5.74, 6) is 0.320. The van der Waals surface area contributed by atoms with E-state index in [4.69, 9.17) is 4.42 Å². The summed E-state index contributed by atoms with van der Waals surface area (Å²) >= 11 is 0. The molecular weight excluding hydrogens is 349 g/mol. The molecule has 0 fully saturated rings. The number of anilines is 2. The Balaban J connectivity index is 1.57. The summed E-state index contributed by atoms with van der Waals surface area (Å²) in [6.45, 7) is 0. The number of nitrogens with one attached hydrogen (secondary N) is 2. The van der Waals surface area contributed by atoms with E-state index in [1.54, 1.807) is 0 Å². The van der Waals surface area contributed by atoms with Crippen LogP contribution in [-0.4, -0.2) is 16.2 Å². The zero-order valence-corrected chi connectivity index (χ0v) is 13.2. The molecule has 134 valence electrons. The zero-order valence-electron chi connectivity index (χ0n) is 13.2. The number of hydrogen-bond acceptors (Lipinski definition) is 4. The van der Waals surface area contributed by atoms with E-state index < -0.39 is 17.8 Å². The van der Waals surface area contributed by atoms with Crippen molar-refractivity contribution in [2.75, 3.05) is 10.6 Å². The molecule has 2 amide bonds. The van der Waals surface area contributed by atoms with Crippen LogP contribution in [0.5, 0.6) is 0 Å². The maximum Gasteiger partial charge on any atom is 0.416 e. The first-order valence-electron chi connectivity index (χ1n) is 7.52. The third-order valence-electron chi connectivity index (χ3n) is 3.36. The summed E-state index contributed by atoms with van der Waals surface area (Å²) in [5.41, 5.74) is 0.363. The van der Waals surface area contributed by atoms with Gasteiger partial charge in [-0.15, -0.1) is 5.10 Å². The molecule has 2 aromatic carbocycles. The van der Waals surface area contributed by atoms with Crippen molar-refractivity contribution < 1.29 is 22.4 Å². The summed E-state index contributed by atoms with van der Waals surface area (Å²) in [4.78, 5) is 11.9. The van der Waals surface area contributed by atoms with Gasteiger partial charge in [0.1, 0.15) is 0 Å². The molecule has 0 aliphatic rings. The van der Waals surface area contributed by atoms with Gasteiger partial charge in [0, 0.05) is 5.69 Å². The van der Waals surface area contributed by atoms with E-state index in [9.17, 15) is 18.0 Å². The molecule has 0 aliphatic carbocycles. The van der Waals surface area contributed by atoms with Crippen LogP contribution in [0, 0.1) is 0 Å². The molecule has 2 N–H and O–H groups in total. The third-order valence-corrected chi connectivity index (χ3v) is 3.36. The molecule has 0 unspecified atom stereocenters. The first kappa shape index (κ1) is 17.5. The predicted molar refractivity (Wildman–Crippen MR) is 87.6 cm³/mol. The summed E-state index contributed by atoms with van der Waals surface area (Å²) in [6, 6.07) is 12.7. The fourth-order valence-electron chi connectivity index (χ4n) is 2.15. The third kappa shape index (κ3) is 4.59. The van der Waals surface area contributed by atoms with E-state index in [2.05, 4.69) is 20.8 Å². The number of benzene rings is 2. The minimum Gasteiger partial charge on any atom is -0.407 e. The summed E-state index contributed by atoms with van der Waals surface area (Å²) < 4.78 is 42.8. The van der Waals surface area contributed by atoms with Crippen LogP contribution in [0.15, 0.2) is 59.0 Å². The first-order chi connectivity index (χ1) is 12.4. The quantitative estimate of drug-likeness (QED) is 0.724. The van der Waals surface area contributed by atoms with Gasteiger partial charge in [0.15, 0.2) is 0 Å². The lowest BCUT2D eigenvalue weighted by atomic mass is 10.2. The monoisotopic (exact) mass is 362 g/mol. The number of nitrogens with zero attached hydrogens (tertiary/aromatic N) is 2. The van der Waals surface area contributed by atoms with E-state index in [0.29, 0.717) is 12.3 Å². The van der Waals surface area contributed by atoms with Crippen molar-refractivity contribution in [3.8, 4) is 0 Å². The van der Waals surface area contributed by atoms with Gasteiger partial charge < -0.3 is 9.73 Å². The second-order valence-electron chi connectivity index (χ2n) is 5.32. The predicted octanol–water partition coefficient (Wildman–Crippen LogP) is 4.32. The Hall–Kier alpha value is -3.36. The maximum absolute atomic E-state index is 12.5. The molecule has 3 rings (SSSR count). The van der Waals surface area contributed by atoms with E-state index in [-0.39, 0.29) is 11.7 Å². The molecule has 26 heavy (non-hydrogen) atoms. The molecular formula is C17H13F3N4O2. The van der Waals surface area contributed by atoms with Crippen LogP contribution in [0.4, 0.5) is 29.7 Å². The summed E-state index contributed by atoms with van der Waals surface area (Å²) in [7, 11) is 0. The van der Waals surface area contributed by atoms with Crippen molar-refractivity contribution >= 4 is 17.7 Å². The summed E-state index contributed by atoms with van der Waals surface area (Å²) in [6.07, 6.45) is -4.02. The van der Waals surface area contributed by atoms with Crippen molar-refractivity contribution in [1.29, 1.82) is 0 Å². The van der Waals surface area contributed by atoms with Crippen LogP contribution in [0.1, 0.15) is 17.0 Å². The van der Waals surface area contributed by atoms with Crippen LogP contribution in [0.3, 0.4) is 0 Å². The SMILES string of the molecule is O=C(Nc1ccc(C(F)(F)F)cc1)Nc1nnc(Cc2ccccc2)o1. The van der Waals surface area contributed by atoms with Crippen LogP contribution >= 0.6 is 0 Å². The van der Waals surface area contributed by atoms with E-state index in [1.165, 1.54) is 0 Å². The highest BCUT2D eigenvalue weighted by Crippen LogP contribution is 2.29. The number of carbonyl (C=O) groups excluding carboxylic acids is 1. The molecule has 0 saturated carbocycles. The van der Waals surface area contributed by atoms with Gasteiger partial charge >= 0.3 is 18.2 Å². The average Bonchev–Trinajstić information content (AvgIpc) is 3.02. The van der Waals surface area contributed by atoms with E-state index in [0.717, 1.165) is 29.8 Å². The maximum atomic E-state index is 12.5. The van der Waals surface area contributed by atoms with Gasteiger partial charge in [0.05, 0.1) is 12.0 Å². The Kier molecular flexibility index (Phi) is 4.87. The van der Waals surface area contributed by atoms with Crippen molar-refractivity contribution in [3.63, 3.8) is 0 Å². The number of carbonyl (C=O) groups is 1. The highest BCUT2D eigenvalue weighted by molar-refractivity contribution is 5.98. The minimum atomic E-state index is -4.43. The molecule has 0 atom stereocenters. The van der Waals surface area contributed by atoms with Crippen molar-refractivity contribution in [2.24, 2.45) is 0 Å². The molecule has 3 aromatic rings. The van der Waals surface area contributed by atoms with Gasteiger partial charge in [0.2, 0.25) is 5.89 Å². The summed E-state index contributed by atoms with van der Waals surface area (Å²) in [5, 5.41) is 12.2. The molecule has 0 radical (unpaired) electrons. The van der Waals surface area contributed by atoms with Gasteiger partial charge in [0.25, 0.3) is 0 Å². The first-order valence-corrected chi connectivity index (χ1v) is 7.52. The average molecular weight is 362 g/mol. The molecule has 0 saturated heterocycles. The van der Waals surface area contributed by atoms with Crippen molar-refractivity contribution in [2.45, 2.75) is 12.6 Å². The second-order valence-corrected chi connectivity index (χ2v) is 5.32. The molecule has 1 heterocycles. The van der Waals surface area contributed by atoms with Gasteiger partial charge in [-0.2, -0.15) is 13.2 Å². The molecule has 6 nitrogen and oxygen atoms in total. The zero-order chi connectivity index (χ0) is 18.6. The van der Waals surface area contributed by atoms with Gasteiger partial charge in [-0.3, -0.25) is 5.32 Å². The van der Waals surface area contributed by atoms with Crippen molar-refractivity contribution in [1.82, 2.24) is 10.2 Å². The Labute approximate surface area is 146 Å². The normalized spacial score (nSPS) is 11.2. The lowest BCUT2D eigenvalue weighted by Gasteiger charge is -2.08. The number of halogens is 3. The number of aromatic nitrogens is 2.